The molecule has 1 atom stereocenters. The van der Waals surface area contributed by atoms with E-state index < -0.39 is 30.4 Å². The second-order valence-corrected chi connectivity index (χ2v) is 2.08. The molecule has 0 aliphatic rings. The Morgan fingerprint density at radius 1 is 1.13 bits per heavy atom. The van der Waals surface area contributed by atoms with Gasteiger partial charge in [0.15, 0.2) is 0 Å². The molecule has 0 spiro atoms. The SMILES string of the molecule is NCC(=O)[O-].N[C@@H](CC(=O)[O-])C(=O)[O-].[Fe+2].[H+]. The van der Waals surface area contributed by atoms with Crippen LogP contribution >= 0.6 is 0 Å². The Labute approximate surface area is 97.2 Å². The number of carbonyl (C=O) groups is 3. The van der Waals surface area contributed by atoms with Crippen molar-refractivity contribution in [1.29, 1.82) is 0 Å². The van der Waals surface area contributed by atoms with Crippen LogP contribution in [0.1, 0.15) is 7.85 Å². The molecule has 0 aromatic carbocycles. The monoisotopic (exact) mass is 262 g/mol. The Morgan fingerprint density at radius 2 is 1.47 bits per heavy atom. The van der Waals surface area contributed by atoms with Crippen LogP contribution in [0.4, 0.5) is 0 Å². The summed E-state index contributed by atoms with van der Waals surface area (Å²) in [7, 11) is 0. The minimum Gasteiger partial charge on any atom is -0.550 e. The Morgan fingerprint density at radius 3 is 1.53 bits per heavy atom. The number of aliphatic carboxylic acids is 3. The average molecular weight is 262 g/mol. The molecule has 0 saturated carbocycles. The molecule has 0 unspecified atom stereocenters. The predicted octanol–water partition coefficient (Wildman–Crippen LogP) is -5.99. The van der Waals surface area contributed by atoms with Gasteiger partial charge < -0.3 is 41.2 Å². The summed E-state index contributed by atoms with van der Waals surface area (Å²) >= 11 is 0. The van der Waals surface area contributed by atoms with Crippen LogP contribution in [0.15, 0.2) is 0 Å². The Bertz CT molecular complexity index is 227. The van der Waals surface area contributed by atoms with Gasteiger partial charge in [0.05, 0.1) is 11.9 Å². The maximum Gasteiger partial charge on any atom is 2.00 e. The quantitative estimate of drug-likeness (QED) is 0.471. The molecular weight excluding hydrogens is 252 g/mol. The largest absolute Gasteiger partial charge is 2.00 e. The zero-order valence-electron chi connectivity index (χ0n) is 8.45. The second kappa shape index (κ2) is 10.9. The number of carboxylic acid groups (broad SMARTS) is 3. The Balaban J connectivity index is -0.0000000904. The summed E-state index contributed by atoms with van der Waals surface area (Å²) in [6, 6.07) is -1.46. The van der Waals surface area contributed by atoms with Crippen LogP contribution in [0.5, 0.6) is 0 Å². The first-order chi connectivity index (χ1) is 6.31. The van der Waals surface area contributed by atoms with Gasteiger partial charge in [-0.3, -0.25) is 0 Å². The molecule has 0 bridgehead atoms. The molecule has 0 aliphatic carbocycles. The minimum atomic E-state index is -1.58. The van der Waals surface area contributed by atoms with Crippen LogP contribution in [0.2, 0.25) is 0 Å². The fourth-order valence-electron chi connectivity index (χ4n) is 0.263. The molecule has 8 nitrogen and oxygen atoms in total. The summed E-state index contributed by atoms with van der Waals surface area (Å²) in [4.78, 5) is 28.5. The summed E-state index contributed by atoms with van der Waals surface area (Å²) < 4.78 is 0. The van der Waals surface area contributed by atoms with E-state index in [9.17, 15) is 19.8 Å². The molecule has 0 aliphatic heterocycles. The zero-order valence-corrected chi connectivity index (χ0v) is 8.55. The topological polar surface area (TPSA) is 172 Å². The molecular formula is C6H10FeN2O6. The number of nitrogens with two attached hydrogens (primary N) is 2. The first kappa shape index (κ1) is 19.4. The van der Waals surface area contributed by atoms with Gasteiger partial charge in [-0.25, -0.2) is 0 Å². The molecule has 88 valence electrons. The van der Waals surface area contributed by atoms with Gasteiger partial charge in [-0.1, -0.05) is 0 Å². The van der Waals surface area contributed by atoms with Gasteiger partial charge in [-0.2, -0.15) is 0 Å². The Hall–Kier alpha value is -1.15. The third-order valence-corrected chi connectivity index (χ3v) is 0.856. The van der Waals surface area contributed by atoms with Crippen molar-refractivity contribution >= 4 is 17.9 Å². The van der Waals surface area contributed by atoms with Crippen molar-refractivity contribution in [3.8, 4) is 0 Å². The normalized spacial score (nSPS) is 10.0. The summed E-state index contributed by atoms with van der Waals surface area (Å²) in [5.41, 5.74) is 9.24. The Kier molecular flexibility index (Phi) is 14.2. The molecule has 0 radical (unpaired) electrons. The van der Waals surface area contributed by atoms with E-state index in [0.29, 0.717) is 0 Å². The van der Waals surface area contributed by atoms with Crippen LogP contribution in [-0.4, -0.2) is 30.5 Å². The molecule has 0 aromatic heterocycles. The van der Waals surface area contributed by atoms with Gasteiger partial charge in [-0.15, -0.1) is 0 Å². The smallest absolute Gasteiger partial charge is 0.550 e. The molecule has 4 N–H and O–H groups in total. The molecule has 15 heavy (non-hydrogen) atoms. The van der Waals surface area contributed by atoms with Crippen molar-refractivity contribution in [2.75, 3.05) is 6.54 Å². The summed E-state index contributed by atoms with van der Waals surface area (Å²) in [6.07, 6.45) is -0.706. The van der Waals surface area contributed by atoms with E-state index >= 15 is 0 Å². The van der Waals surface area contributed by atoms with Gasteiger partial charge in [0.2, 0.25) is 0 Å². The summed E-state index contributed by atoms with van der Waals surface area (Å²) in [5, 5.41) is 28.5. The maximum atomic E-state index is 9.71. The van der Waals surface area contributed by atoms with E-state index in [2.05, 4.69) is 5.73 Å². The van der Waals surface area contributed by atoms with Crippen LogP contribution < -0.4 is 26.8 Å². The molecule has 9 heteroatoms. The van der Waals surface area contributed by atoms with E-state index in [1.165, 1.54) is 0 Å². The van der Waals surface area contributed by atoms with Crippen LogP contribution in [-0.2, 0) is 31.5 Å². The van der Waals surface area contributed by atoms with Gasteiger partial charge in [0.1, 0.15) is 0 Å². The van der Waals surface area contributed by atoms with E-state index in [4.69, 9.17) is 15.6 Å². The maximum absolute atomic E-state index is 9.71. The fourth-order valence-corrected chi connectivity index (χ4v) is 0.263. The van der Waals surface area contributed by atoms with Crippen molar-refractivity contribution in [2.45, 2.75) is 12.5 Å². The van der Waals surface area contributed by atoms with Crippen LogP contribution in [0.25, 0.3) is 0 Å². The van der Waals surface area contributed by atoms with Gasteiger partial charge in [0.25, 0.3) is 0 Å². The zero-order chi connectivity index (χ0) is 11.7. The van der Waals surface area contributed by atoms with Crippen molar-refractivity contribution in [2.24, 2.45) is 11.5 Å². The van der Waals surface area contributed by atoms with Crippen molar-refractivity contribution in [3.63, 3.8) is 0 Å². The van der Waals surface area contributed by atoms with Crippen molar-refractivity contribution in [1.82, 2.24) is 0 Å². The average Bonchev–Trinajstić information content (AvgIpc) is 2.04. The van der Waals surface area contributed by atoms with E-state index in [1.807, 2.05) is 0 Å². The first-order valence-corrected chi connectivity index (χ1v) is 3.37. The van der Waals surface area contributed by atoms with E-state index in [-0.39, 0.29) is 25.0 Å². The standard InChI is InChI=1S/C4H7NO4.C2H5NO2.Fe/c5-2(4(8)9)1-3(6)7;3-1-2(4)5;/h2H,1,5H2,(H,6,7)(H,8,9);1,3H2,(H,4,5);/q;;+2/p-2/t2-;;/m0../s1. The molecule has 0 heterocycles. The third kappa shape index (κ3) is 19.3. The fraction of sp³-hybridized carbons (Fsp3) is 0.500. The van der Waals surface area contributed by atoms with Crippen LogP contribution in [0.3, 0.4) is 0 Å². The molecule has 0 saturated heterocycles. The van der Waals surface area contributed by atoms with Gasteiger partial charge in [0, 0.05) is 25.0 Å². The van der Waals surface area contributed by atoms with Gasteiger partial charge >= 0.3 is 18.5 Å². The van der Waals surface area contributed by atoms with Gasteiger partial charge in [-0.05, 0) is 0 Å². The number of carboxylic acids is 3. The first-order valence-electron chi connectivity index (χ1n) is 3.37. The number of carbonyl (C=O) groups excluding carboxylic acids is 3. The number of hydrogen-bond donors (Lipinski definition) is 2. The van der Waals surface area contributed by atoms with E-state index in [1.54, 1.807) is 0 Å². The minimum absolute atomic E-state index is 0. The molecule has 0 amide bonds. The van der Waals surface area contributed by atoms with E-state index in [0.717, 1.165) is 0 Å². The summed E-state index contributed by atoms with van der Waals surface area (Å²) in [5.74, 6) is -4.30. The summed E-state index contributed by atoms with van der Waals surface area (Å²) in [6.45, 7) is -0.389. The number of rotatable bonds is 4. The molecule has 0 aromatic rings. The van der Waals surface area contributed by atoms with Crippen molar-refractivity contribution < 1.29 is 48.2 Å². The second-order valence-electron chi connectivity index (χ2n) is 2.08. The third-order valence-electron chi connectivity index (χ3n) is 0.856. The predicted molar refractivity (Wildman–Crippen MR) is 37.8 cm³/mol. The molecule has 0 rings (SSSR count). The van der Waals surface area contributed by atoms with Crippen LogP contribution in [0, 0.1) is 0 Å². The molecule has 0 fully saturated rings. The number of hydrogen-bond acceptors (Lipinski definition) is 8. The van der Waals surface area contributed by atoms with Crippen molar-refractivity contribution in [3.05, 3.63) is 0 Å².